The lowest BCUT2D eigenvalue weighted by molar-refractivity contribution is 0.332. The van der Waals surface area contributed by atoms with E-state index in [0.717, 1.165) is 11.1 Å². The number of fused-ring (bicyclic) bond motifs is 1. The van der Waals surface area contributed by atoms with Crippen LogP contribution in [-0.4, -0.2) is 0 Å². The smallest absolute Gasteiger partial charge is 0.100 e. The summed E-state index contributed by atoms with van der Waals surface area (Å²) in [4.78, 5) is 0. The summed E-state index contributed by atoms with van der Waals surface area (Å²) in [5.74, 6) is 6.41. The summed E-state index contributed by atoms with van der Waals surface area (Å²) in [5, 5.41) is 9.18. The molecule has 1 aliphatic carbocycles. The molecule has 1 aliphatic rings. The topological polar surface area (TPSA) is 23.8 Å². The van der Waals surface area contributed by atoms with E-state index in [1.54, 1.807) is 0 Å². The van der Waals surface area contributed by atoms with E-state index < -0.39 is 0 Å². The number of hydrogen-bond acceptors (Lipinski definition) is 1. The van der Waals surface area contributed by atoms with Gasteiger partial charge in [0, 0.05) is 11.1 Å². The quantitative estimate of drug-likeness (QED) is 0.605. The zero-order valence-corrected chi connectivity index (χ0v) is 14.9. The summed E-state index contributed by atoms with van der Waals surface area (Å²) in [7, 11) is 0. The van der Waals surface area contributed by atoms with Crippen LogP contribution in [0, 0.1) is 23.2 Å². The summed E-state index contributed by atoms with van der Waals surface area (Å²) in [6, 6.07) is 16.3. The van der Waals surface area contributed by atoms with Crippen LogP contribution in [0.5, 0.6) is 0 Å². The average Bonchev–Trinajstić information content (AvgIpc) is 2.57. The molecule has 1 nitrogen and oxygen atoms in total. The second kappa shape index (κ2) is 5.85. The third-order valence-corrected chi connectivity index (χ3v) is 5.24. The predicted octanol–water partition coefficient (Wildman–Crippen LogP) is 5.31. The van der Waals surface area contributed by atoms with Crippen molar-refractivity contribution < 1.29 is 0 Å². The van der Waals surface area contributed by atoms with E-state index >= 15 is 0 Å². The van der Waals surface area contributed by atoms with Crippen molar-refractivity contribution in [1.82, 2.24) is 0 Å². The van der Waals surface area contributed by atoms with Crippen LogP contribution < -0.4 is 0 Å². The fourth-order valence-electron chi connectivity index (χ4n) is 3.50. The normalized spacial score (nSPS) is 17.1. The summed E-state index contributed by atoms with van der Waals surface area (Å²) in [6.45, 7) is 9.30. The lowest BCUT2D eigenvalue weighted by atomic mass is 9.63. The van der Waals surface area contributed by atoms with E-state index in [0.29, 0.717) is 5.56 Å². The van der Waals surface area contributed by atoms with Crippen molar-refractivity contribution in [3.8, 4) is 17.9 Å². The van der Waals surface area contributed by atoms with E-state index in [1.165, 1.54) is 24.0 Å². The molecule has 2 aromatic rings. The van der Waals surface area contributed by atoms with Gasteiger partial charge in [-0.3, -0.25) is 0 Å². The van der Waals surface area contributed by atoms with Crippen molar-refractivity contribution >= 4 is 0 Å². The van der Waals surface area contributed by atoms with Gasteiger partial charge in [-0.25, -0.2) is 0 Å². The van der Waals surface area contributed by atoms with Crippen molar-refractivity contribution in [2.75, 3.05) is 0 Å². The van der Waals surface area contributed by atoms with Gasteiger partial charge in [0.05, 0.1) is 5.56 Å². The molecule has 0 heterocycles. The summed E-state index contributed by atoms with van der Waals surface area (Å²) in [5.41, 5.74) is 5.71. The van der Waals surface area contributed by atoms with Gasteiger partial charge in [0.25, 0.3) is 0 Å². The standard InChI is InChI=1S/C23H23N/c1-22(2)13-14-23(3,4)21-15-17(10-12-20(21)22)9-11-18-7-5-6-8-19(18)16-24/h5-8,10,12,15H,13-14H2,1-4H3. The Morgan fingerprint density at radius 1 is 0.792 bits per heavy atom. The van der Waals surface area contributed by atoms with Gasteiger partial charge in [0.1, 0.15) is 6.07 Å². The number of nitrogens with zero attached hydrogens (tertiary/aromatic N) is 1. The fourth-order valence-corrected chi connectivity index (χ4v) is 3.50. The van der Waals surface area contributed by atoms with Crippen molar-refractivity contribution in [3.63, 3.8) is 0 Å². The molecule has 24 heavy (non-hydrogen) atoms. The Balaban J connectivity index is 2.04. The second-order valence-corrected chi connectivity index (χ2v) is 7.94. The van der Waals surface area contributed by atoms with Gasteiger partial charge in [-0.1, -0.05) is 57.7 Å². The Kier molecular flexibility index (Phi) is 3.98. The Hall–Kier alpha value is -2.51. The third-order valence-electron chi connectivity index (χ3n) is 5.24. The maximum Gasteiger partial charge on any atom is 0.100 e. The highest BCUT2D eigenvalue weighted by Gasteiger charge is 2.36. The monoisotopic (exact) mass is 313 g/mol. The van der Waals surface area contributed by atoms with Crippen molar-refractivity contribution in [2.45, 2.75) is 51.4 Å². The van der Waals surface area contributed by atoms with Crippen LogP contribution >= 0.6 is 0 Å². The fraction of sp³-hybridized carbons (Fsp3) is 0.348. The first-order chi connectivity index (χ1) is 11.3. The van der Waals surface area contributed by atoms with Crippen molar-refractivity contribution in [2.24, 2.45) is 0 Å². The first-order valence-corrected chi connectivity index (χ1v) is 8.50. The van der Waals surface area contributed by atoms with E-state index in [1.807, 2.05) is 24.3 Å². The highest BCUT2D eigenvalue weighted by molar-refractivity contribution is 5.53. The Labute approximate surface area is 145 Å². The molecule has 0 aromatic heterocycles. The molecule has 2 aromatic carbocycles. The van der Waals surface area contributed by atoms with Crippen LogP contribution in [0.4, 0.5) is 0 Å². The van der Waals surface area contributed by atoms with Crippen LogP contribution in [0.1, 0.15) is 68.4 Å². The molecule has 0 radical (unpaired) electrons. The summed E-state index contributed by atoms with van der Waals surface area (Å²) in [6.07, 6.45) is 2.41. The highest BCUT2D eigenvalue weighted by Crippen LogP contribution is 2.45. The summed E-state index contributed by atoms with van der Waals surface area (Å²) >= 11 is 0. The van der Waals surface area contributed by atoms with Gasteiger partial charge in [-0.05, 0) is 59.1 Å². The first kappa shape index (κ1) is 16.4. The van der Waals surface area contributed by atoms with Crippen LogP contribution in [0.25, 0.3) is 0 Å². The van der Waals surface area contributed by atoms with Crippen LogP contribution in [0.2, 0.25) is 0 Å². The lowest BCUT2D eigenvalue weighted by Crippen LogP contribution is -2.33. The molecular weight excluding hydrogens is 290 g/mol. The minimum atomic E-state index is 0.188. The molecule has 0 amide bonds. The van der Waals surface area contributed by atoms with Crippen molar-refractivity contribution in [1.29, 1.82) is 5.26 Å². The Morgan fingerprint density at radius 3 is 2.08 bits per heavy atom. The molecule has 3 rings (SSSR count). The SMILES string of the molecule is CC1(C)CCC(C)(C)c2cc(C#Cc3ccccc3C#N)ccc21. The van der Waals surface area contributed by atoms with Crippen LogP contribution in [0.3, 0.4) is 0 Å². The molecule has 0 fully saturated rings. The van der Waals surface area contributed by atoms with Gasteiger partial charge in [0.15, 0.2) is 0 Å². The van der Waals surface area contributed by atoms with Crippen LogP contribution in [-0.2, 0) is 10.8 Å². The third kappa shape index (κ3) is 2.95. The highest BCUT2D eigenvalue weighted by atomic mass is 14.4. The molecule has 0 N–H and O–H groups in total. The van der Waals surface area contributed by atoms with Crippen LogP contribution in [0.15, 0.2) is 42.5 Å². The van der Waals surface area contributed by atoms with E-state index in [2.05, 4.69) is 63.8 Å². The van der Waals surface area contributed by atoms with Gasteiger partial charge >= 0.3 is 0 Å². The zero-order chi connectivity index (χ0) is 17.4. The van der Waals surface area contributed by atoms with Gasteiger partial charge in [-0.15, -0.1) is 0 Å². The minimum absolute atomic E-state index is 0.188. The molecule has 1 heteroatoms. The zero-order valence-electron chi connectivity index (χ0n) is 14.9. The minimum Gasteiger partial charge on any atom is -0.192 e. The van der Waals surface area contributed by atoms with Gasteiger partial charge in [-0.2, -0.15) is 5.26 Å². The van der Waals surface area contributed by atoms with Crippen molar-refractivity contribution in [3.05, 3.63) is 70.3 Å². The molecule has 0 saturated heterocycles. The molecule has 0 atom stereocenters. The van der Waals surface area contributed by atoms with E-state index in [-0.39, 0.29) is 10.8 Å². The second-order valence-electron chi connectivity index (χ2n) is 7.94. The van der Waals surface area contributed by atoms with E-state index in [4.69, 9.17) is 0 Å². The average molecular weight is 313 g/mol. The first-order valence-electron chi connectivity index (χ1n) is 8.50. The largest absolute Gasteiger partial charge is 0.192 e. The summed E-state index contributed by atoms with van der Waals surface area (Å²) < 4.78 is 0. The van der Waals surface area contributed by atoms with E-state index in [9.17, 15) is 5.26 Å². The molecular formula is C23H23N. The number of benzene rings is 2. The molecule has 0 saturated carbocycles. The lowest BCUT2D eigenvalue weighted by Gasteiger charge is -2.41. The number of rotatable bonds is 0. The number of nitriles is 1. The Morgan fingerprint density at radius 2 is 1.42 bits per heavy atom. The maximum absolute atomic E-state index is 9.18. The van der Waals surface area contributed by atoms with Gasteiger partial charge in [0.2, 0.25) is 0 Å². The molecule has 0 unspecified atom stereocenters. The van der Waals surface area contributed by atoms with Gasteiger partial charge < -0.3 is 0 Å². The molecule has 120 valence electrons. The molecule has 0 bridgehead atoms. The molecule has 0 aliphatic heterocycles. The Bertz CT molecular complexity index is 882. The number of hydrogen-bond donors (Lipinski definition) is 0. The molecule has 0 spiro atoms. The predicted molar refractivity (Wildman–Crippen MR) is 98.9 cm³/mol. The maximum atomic E-state index is 9.18.